The van der Waals surface area contributed by atoms with E-state index in [9.17, 15) is 14.4 Å². The van der Waals surface area contributed by atoms with Gasteiger partial charge in [-0.05, 0) is 55.0 Å². The number of nitrogens with two attached hydrogens (primary N) is 1. The molecule has 0 radical (unpaired) electrons. The first-order chi connectivity index (χ1) is 13.2. The van der Waals surface area contributed by atoms with Crippen LogP contribution in [0.15, 0.2) is 41.8 Å². The van der Waals surface area contributed by atoms with Gasteiger partial charge in [0.15, 0.2) is 0 Å². The number of hydrogen-bond donors (Lipinski definition) is 4. The molecule has 0 bridgehead atoms. The molecule has 0 saturated carbocycles. The maximum Gasteiger partial charge on any atom is 0.265 e. The molecule has 8 heteroatoms. The number of hydrogen-bond acceptors (Lipinski definition) is 5. The van der Waals surface area contributed by atoms with Gasteiger partial charge in [0.1, 0.15) is 0 Å². The highest BCUT2D eigenvalue weighted by Gasteiger charge is 2.31. The van der Waals surface area contributed by atoms with Crippen LogP contribution in [0.2, 0.25) is 0 Å². The van der Waals surface area contributed by atoms with Gasteiger partial charge in [-0.15, -0.1) is 11.3 Å². The highest BCUT2D eigenvalue weighted by Crippen LogP contribution is 2.18. The van der Waals surface area contributed by atoms with Gasteiger partial charge >= 0.3 is 0 Å². The van der Waals surface area contributed by atoms with Gasteiger partial charge in [0.2, 0.25) is 11.8 Å². The van der Waals surface area contributed by atoms with Crippen LogP contribution in [0.25, 0.3) is 0 Å². The summed E-state index contributed by atoms with van der Waals surface area (Å²) in [5.41, 5.74) is 5.76. The van der Waals surface area contributed by atoms with E-state index in [2.05, 4.69) is 16.0 Å². The topological polar surface area (TPSA) is 113 Å². The van der Waals surface area contributed by atoms with E-state index in [0.717, 1.165) is 0 Å². The van der Waals surface area contributed by atoms with Crippen LogP contribution in [0.5, 0.6) is 0 Å². The Hall–Kier alpha value is -2.71. The summed E-state index contributed by atoms with van der Waals surface area (Å²) in [5.74, 6) is -0.691. The number of amides is 3. The lowest BCUT2D eigenvalue weighted by Crippen LogP contribution is -2.55. The largest absolute Gasteiger partial charge is 0.368 e. The molecule has 2 aromatic rings. The van der Waals surface area contributed by atoms with Crippen molar-refractivity contribution in [1.29, 1.82) is 0 Å². The van der Waals surface area contributed by atoms with Crippen LogP contribution < -0.4 is 21.7 Å². The van der Waals surface area contributed by atoms with E-state index >= 15 is 0 Å². The third-order valence-corrected chi connectivity index (χ3v) is 5.04. The number of anilines is 2. The summed E-state index contributed by atoms with van der Waals surface area (Å²) in [6.07, 6.45) is 0.536. The molecule has 1 unspecified atom stereocenters. The lowest BCUT2D eigenvalue weighted by atomic mass is 9.90. The number of nitrogens with one attached hydrogen (secondary N) is 3. The number of thiophene rings is 1. The second-order valence-corrected chi connectivity index (χ2v) is 8.15. The Morgan fingerprint density at radius 2 is 1.68 bits per heavy atom. The fourth-order valence-corrected chi connectivity index (χ4v) is 3.41. The van der Waals surface area contributed by atoms with Crippen LogP contribution in [0, 0.1) is 5.92 Å². The molecular formula is C20H26N4O3S. The Morgan fingerprint density at radius 3 is 2.18 bits per heavy atom. The van der Waals surface area contributed by atoms with Crippen LogP contribution in [-0.2, 0) is 9.59 Å². The fourth-order valence-electron chi connectivity index (χ4n) is 2.79. The molecule has 28 heavy (non-hydrogen) atoms. The number of carbonyl (C=O) groups is 3. The number of benzene rings is 1. The summed E-state index contributed by atoms with van der Waals surface area (Å²) in [7, 11) is 0. The standard InChI is InChI=1S/C20H26N4O3S/c1-13(2)11-20(3,19(21)27)22-12-17(25)23-14-6-8-15(9-7-14)24-18(26)16-5-4-10-28-16/h4-10,13,22H,11-12H2,1-3H3,(H2,21,27)(H,23,25)(H,24,26). The average molecular weight is 403 g/mol. The van der Waals surface area contributed by atoms with E-state index in [1.807, 2.05) is 25.3 Å². The fraction of sp³-hybridized carbons (Fsp3) is 0.350. The zero-order valence-corrected chi connectivity index (χ0v) is 17.1. The normalized spacial score (nSPS) is 13.0. The minimum Gasteiger partial charge on any atom is -0.368 e. The molecular weight excluding hydrogens is 376 g/mol. The lowest BCUT2D eigenvalue weighted by molar-refractivity contribution is -0.125. The molecule has 7 nitrogen and oxygen atoms in total. The molecule has 3 amide bonds. The summed E-state index contributed by atoms with van der Waals surface area (Å²) < 4.78 is 0. The van der Waals surface area contributed by atoms with Gasteiger partial charge in [-0.3, -0.25) is 19.7 Å². The van der Waals surface area contributed by atoms with Crippen LogP contribution in [0.3, 0.4) is 0 Å². The second-order valence-electron chi connectivity index (χ2n) is 7.20. The smallest absolute Gasteiger partial charge is 0.265 e. The third-order valence-electron chi connectivity index (χ3n) is 4.17. The summed E-state index contributed by atoms with van der Waals surface area (Å²) in [6.45, 7) is 5.64. The van der Waals surface area contributed by atoms with Gasteiger partial charge in [-0.25, -0.2) is 0 Å². The molecule has 0 aliphatic rings. The van der Waals surface area contributed by atoms with Crippen molar-refractivity contribution in [3.05, 3.63) is 46.7 Å². The van der Waals surface area contributed by atoms with Crippen LogP contribution in [0.4, 0.5) is 11.4 Å². The molecule has 1 aromatic carbocycles. The summed E-state index contributed by atoms with van der Waals surface area (Å²) in [6, 6.07) is 10.4. The molecule has 2 rings (SSSR count). The van der Waals surface area contributed by atoms with Crippen molar-refractivity contribution in [2.45, 2.75) is 32.7 Å². The number of rotatable bonds is 9. The Kier molecular flexibility index (Phi) is 7.31. The molecule has 5 N–H and O–H groups in total. The Bertz CT molecular complexity index is 818. The van der Waals surface area contributed by atoms with Crippen molar-refractivity contribution in [1.82, 2.24) is 5.32 Å². The van der Waals surface area contributed by atoms with Crippen LogP contribution in [0.1, 0.15) is 36.9 Å². The molecule has 0 spiro atoms. The van der Waals surface area contributed by atoms with Crippen molar-refractivity contribution < 1.29 is 14.4 Å². The molecule has 0 saturated heterocycles. The minimum absolute atomic E-state index is 0.0387. The maximum atomic E-state index is 12.2. The Morgan fingerprint density at radius 1 is 1.07 bits per heavy atom. The van der Waals surface area contributed by atoms with Crippen molar-refractivity contribution in [3.8, 4) is 0 Å². The summed E-state index contributed by atoms with van der Waals surface area (Å²) >= 11 is 1.37. The summed E-state index contributed by atoms with van der Waals surface area (Å²) in [4.78, 5) is 36.6. The first kappa shape index (κ1) is 21.6. The molecule has 1 heterocycles. The van der Waals surface area contributed by atoms with Crippen molar-refractivity contribution in [2.75, 3.05) is 17.2 Å². The van der Waals surface area contributed by atoms with E-state index in [0.29, 0.717) is 22.7 Å². The summed E-state index contributed by atoms with van der Waals surface area (Å²) in [5, 5.41) is 10.3. The van der Waals surface area contributed by atoms with Gasteiger partial charge in [0.05, 0.1) is 17.0 Å². The van der Waals surface area contributed by atoms with Gasteiger partial charge in [-0.1, -0.05) is 19.9 Å². The van der Waals surface area contributed by atoms with Gasteiger partial charge in [0, 0.05) is 11.4 Å². The zero-order valence-electron chi connectivity index (χ0n) is 16.2. The van der Waals surface area contributed by atoms with Crippen molar-refractivity contribution >= 4 is 40.4 Å². The Balaban J connectivity index is 1.88. The zero-order chi connectivity index (χ0) is 20.7. The second kappa shape index (κ2) is 9.48. The van der Waals surface area contributed by atoms with E-state index in [4.69, 9.17) is 5.73 Å². The molecule has 1 aromatic heterocycles. The monoisotopic (exact) mass is 402 g/mol. The number of carbonyl (C=O) groups excluding carboxylic acids is 3. The predicted molar refractivity (Wildman–Crippen MR) is 112 cm³/mol. The van der Waals surface area contributed by atoms with Gasteiger partial charge in [-0.2, -0.15) is 0 Å². The molecule has 0 aliphatic heterocycles. The van der Waals surface area contributed by atoms with E-state index in [-0.39, 0.29) is 24.3 Å². The third kappa shape index (κ3) is 6.17. The van der Waals surface area contributed by atoms with Crippen LogP contribution in [-0.4, -0.2) is 29.8 Å². The quantitative estimate of drug-likeness (QED) is 0.516. The van der Waals surface area contributed by atoms with E-state index < -0.39 is 11.4 Å². The van der Waals surface area contributed by atoms with E-state index in [1.165, 1.54) is 11.3 Å². The van der Waals surface area contributed by atoms with Crippen molar-refractivity contribution in [2.24, 2.45) is 11.7 Å². The molecule has 0 aliphatic carbocycles. The molecule has 1 atom stereocenters. The predicted octanol–water partition coefficient (Wildman–Crippen LogP) is 2.82. The number of primary amides is 1. The first-order valence-corrected chi connectivity index (χ1v) is 9.87. The average Bonchev–Trinajstić information content (AvgIpc) is 3.16. The van der Waals surface area contributed by atoms with Crippen LogP contribution >= 0.6 is 11.3 Å². The first-order valence-electron chi connectivity index (χ1n) is 8.99. The lowest BCUT2D eigenvalue weighted by Gasteiger charge is -2.29. The maximum absolute atomic E-state index is 12.2. The highest BCUT2D eigenvalue weighted by atomic mass is 32.1. The highest BCUT2D eigenvalue weighted by molar-refractivity contribution is 7.12. The minimum atomic E-state index is -0.943. The SMILES string of the molecule is CC(C)CC(C)(NCC(=O)Nc1ccc(NC(=O)c2cccs2)cc1)C(N)=O. The molecule has 0 fully saturated rings. The van der Waals surface area contributed by atoms with Gasteiger partial charge < -0.3 is 16.4 Å². The van der Waals surface area contributed by atoms with E-state index in [1.54, 1.807) is 37.3 Å². The van der Waals surface area contributed by atoms with Crippen molar-refractivity contribution in [3.63, 3.8) is 0 Å². The molecule has 150 valence electrons. The Labute approximate surface area is 168 Å². The van der Waals surface area contributed by atoms with Gasteiger partial charge in [0.25, 0.3) is 5.91 Å².